The number of hydrogen-bond donors (Lipinski definition) is 0. The third kappa shape index (κ3) is 2.74. The van der Waals surface area contributed by atoms with E-state index in [1.165, 1.54) is 37.1 Å². The summed E-state index contributed by atoms with van der Waals surface area (Å²) in [5, 5.41) is 0.359. The lowest BCUT2D eigenvalue weighted by molar-refractivity contribution is 0.172. The van der Waals surface area contributed by atoms with E-state index in [9.17, 15) is 4.21 Å². The predicted octanol–water partition coefficient (Wildman–Crippen LogP) is 3.32. The molecule has 0 amide bonds. The summed E-state index contributed by atoms with van der Waals surface area (Å²) in [6.07, 6.45) is 11.5. The Hall–Kier alpha value is -1.23. The van der Waals surface area contributed by atoms with E-state index in [1.54, 1.807) is 0 Å². The van der Waals surface area contributed by atoms with Crippen LogP contribution in [0.1, 0.15) is 31.2 Å². The zero-order valence-electron chi connectivity index (χ0n) is 15.3. The molecule has 1 aromatic carbocycles. The van der Waals surface area contributed by atoms with Gasteiger partial charge in [0.1, 0.15) is 4.87 Å². The summed E-state index contributed by atoms with van der Waals surface area (Å²) >= 11 is 0. The van der Waals surface area contributed by atoms with Gasteiger partial charge in [-0.15, -0.1) is 0 Å². The van der Waals surface area contributed by atoms with E-state index in [1.807, 2.05) is 0 Å². The van der Waals surface area contributed by atoms with Crippen LogP contribution in [-0.4, -0.2) is 50.3 Å². The number of rotatable bonds is 4. The minimum absolute atomic E-state index is 0.210. The Morgan fingerprint density at radius 2 is 1.92 bits per heavy atom. The summed E-state index contributed by atoms with van der Waals surface area (Å²) in [4.78, 5) is 4.77. The number of hydrogen-bond acceptors (Lipinski definition) is 3. The van der Waals surface area contributed by atoms with Crippen molar-refractivity contribution in [1.29, 1.82) is 0 Å². The van der Waals surface area contributed by atoms with Gasteiger partial charge in [-0.25, -0.2) is 0 Å². The summed E-state index contributed by atoms with van der Waals surface area (Å²) in [5.74, 6) is 0.741. The molecule has 1 aromatic rings. The fourth-order valence-corrected chi connectivity index (χ4v) is 7.71. The Labute approximate surface area is 159 Å². The Morgan fingerprint density at radius 3 is 2.73 bits per heavy atom. The first-order valence-corrected chi connectivity index (χ1v) is 11.3. The lowest BCUT2D eigenvalue weighted by atomic mass is 9.90. The molecule has 3 unspecified atom stereocenters. The van der Waals surface area contributed by atoms with Crippen LogP contribution in [-0.2, 0) is 17.3 Å². The van der Waals surface area contributed by atoms with Crippen molar-refractivity contribution in [3.05, 3.63) is 59.7 Å². The maximum absolute atomic E-state index is 13.3. The molecule has 5 rings (SSSR count). The maximum Gasteiger partial charge on any atom is 0.138 e. The molecule has 0 aliphatic carbocycles. The van der Waals surface area contributed by atoms with E-state index >= 15 is 0 Å². The van der Waals surface area contributed by atoms with Gasteiger partial charge in [0.15, 0.2) is 0 Å². The highest BCUT2D eigenvalue weighted by Crippen LogP contribution is 2.49. The zero-order valence-corrected chi connectivity index (χ0v) is 16.2. The quantitative estimate of drug-likeness (QED) is 0.762. The Balaban J connectivity index is 1.18. The monoisotopic (exact) mass is 368 g/mol. The number of nitrogens with zero attached hydrogens (tertiary/aromatic N) is 2. The fraction of sp³-hybridized carbons (Fsp3) is 0.545. The summed E-state index contributed by atoms with van der Waals surface area (Å²) in [5.41, 5.74) is 2.85. The topological polar surface area (TPSA) is 23.6 Å². The lowest BCUT2D eigenvalue weighted by Crippen LogP contribution is -2.43. The van der Waals surface area contributed by atoms with Gasteiger partial charge in [-0.3, -0.25) is 14.0 Å². The molecule has 3 nitrogen and oxygen atoms in total. The first-order chi connectivity index (χ1) is 12.8. The van der Waals surface area contributed by atoms with Crippen molar-refractivity contribution in [1.82, 2.24) is 9.80 Å². The summed E-state index contributed by atoms with van der Waals surface area (Å²) in [6, 6.07) is 10.8. The molecule has 26 heavy (non-hydrogen) atoms. The molecule has 0 N–H and O–H groups in total. The highest BCUT2D eigenvalue weighted by molar-refractivity contribution is 7.87. The molecular formula is C22H28N2OS. The zero-order chi connectivity index (χ0) is 17.6. The van der Waals surface area contributed by atoms with Gasteiger partial charge in [0.25, 0.3) is 0 Å². The van der Waals surface area contributed by atoms with Crippen molar-refractivity contribution < 1.29 is 4.21 Å². The average molecular weight is 369 g/mol. The summed E-state index contributed by atoms with van der Waals surface area (Å²) in [7, 11) is -0.777. The highest BCUT2D eigenvalue weighted by atomic mass is 32.2. The van der Waals surface area contributed by atoms with Gasteiger partial charge in [-0.05, 0) is 55.8 Å². The van der Waals surface area contributed by atoms with Crippen LogP contribution >= 0.6 is 0 Å². The predicted molar refractivity (Wildman–Crippen MR) is 107 cm³/mol. The third-order valence-electron chi connectivity index (χ3n) is 6.77. The molecule has 0 saturated carbocycles. The normalized spacial score (nSPS) is 34.8. The van der Waals surface area contributed by atoms with Gasteiger partial charge in [0.2, 0.25) is 0 Å². The number of piperidine rings is 1. The molecule has 0 aromatic heterocycles. The standard InChI is InChI=1S/C22H28N2OS/c25-26-21(16-20-9-14-24-11-4-10-22(20,24)26)15-18-7-12-23(13-8-18)17-19-5-2-1-3-6-19/h1-6,9-10,18,21H,7-8,11-17H2. The second kappa shape index (κ2) is 6.74. The van der Waals surface area contributed by atoms with Crippen LogP contribution in [0.15, 0.2) is 54.1 Å². The molecule has 2 saturated heterocycles. The van der Waals surface area contributed by atoms with Crippen LogP contribution in [0.25, 0.3) is 0 Å². The molecule has 4 heterocycles. The molecule has 0 bridgehead atoms. The van der Waals surface area contributed by atoms with E-state index in [4.69, 9.17) is 0 Å². The minimum atomic E-state index is -0.777. The highest BCUT2D eigenvalue weighted by Gasteiger charge is 2.56. The van der Waals surface area contributed by atoms with Gasteiger partial charge in [-0.2, -0.15) is 0 Å². The minimum Gasteiger partial charge on any atom is -0.299 e. The second-order valence-electron chi connectivity index (χ2n) is 8.30. The molecule has 4 aliphatic heterocycles. The molecule has 0 radical (unpaired) electrons. The van der Waals surface area contributed by atoms with Crippen LogP contribution in [0.4, 0.5) is 0 Å². The van der Waals surface area contributed by atoms with Crippen LogP contribution in [0.3, 0.4) is 0 Å². The van der Waals surface area contributed by atoms with Gasteiger partial charge < -0.3 is 0 Å². The molecule has 138 valence electrons. The Bertz CT molecular complexity index is 751. The van der Waals surface area contributed by atoms with Crippen LogP contribution in [0, 0.1) is 5.92 Å². The van der Waals surface area contributed by atoms with E-state index in [-0.39, 0.29) is 4.87 Å². The van der Waals surface area contributed by atoms with E-state index < -0.39 is 10.8 Å². The van der Waals surface area contributed by atoms with Crippen molar-refractivity contribution in [2.45, 2.75) is 42.3 Å². The maximum atomic E-state index is 13.3. The first-order valence-electron chi connectivity index (χ1n) is 10.0. The van der Waals surface area contributed by atoms with Gasteiger partial charge in [-0.1, -0.05) is 48.6 Å². The van der Waals surface area contributed by atoms with E-state index in [0.29, 0.717) is 5.25 Å². The number of likely N-dealkylation sites (tertiary alicyclic amines) is 1. The van der Waals surface area contributed by atoms with Gasteiger partial charge >= 0.3 is 0 Å². The lowest BCUT2D eigenvalue weighted by Gasteiger charge is -2.33. The number of benzene rings is 1. The smallest absolute Gasteiger partial charge is 0.138 e. The van der Waals surface area contributed by atoms with Crippen LogP contribution < -0.4 is 0 Å². The first kappa shape index (κ1) is 16.9. The van der Waals surface area contributed by atoms with E-state index in [2.05, 4.69) is 58.4 Å². The molecular weight excluding hydrogens is 340 g/mol. The average Bonchev–Trinajstić information content (AvgIpc) is 3.30. The van der Waals surface area contributed by atoms with Crippen molar-refractivity contribution in [2.24, 2.45) is 5.92 Å². The van der Waals surface area contributed by atoms with E-state index in [0.717, 1.165) is 38.4 Å². The Kier molecular flexibility index (Phi) is 4.38. The molecule has 2 fully saturated rings. The largest absolute Gasteiger partial charge is 0.299 e. The van der Waals surface area contributed by atoms with Crippen molar-refractivity contribution in [2.75, 3.05) is 26.2 Å². The summed E-state index contributed by atoms with van der Waals surface area (Å²) in [6.45, 7) is 5.38. The van der Waals surface area contributed by atoms with Crippen molar-refractivity contribution >= 4 is 10.8 Å². The SMILES string of the molecule is O=S1C(CC2CCN(Cc3ccccc3)CC2)CC2=CCN3CC=CC231. The Morgan fingerprint density at radius 1 is 1.12 bits per heavy atom. The molecule has 4 aliphatic rings. The molecule has 4 heteroatoms. The van der Waals surface area contributed by atoms with Crippen molar-refractivity contribution in [3.8, 4) is 0 Å². The molecule has 3 atom stereocenters. The van der Waals surface area contributed by atoms with Crippen LogP contribution in [0.2, 0.25) is 0 Å². The van der Waals surface area contributed by atoms with Crippen LogP contribution in [0.5, 0.6) is 0 Å². The third-order valence-corrected chi connectivity index (χ3v) is 9.00. The summed E-state index contributed by atoms with van der Waals surface area (Å²) < 4.78 is 13.3. The van der Waals surface area contributed by atoms with Gasteiger partial charge in [0.05, 0.1) is 10.8 Å². The molecule has 1 spiro atoms. The van der Waals surface area contributed by atoms with Crippen molar-refractivity contribution in [3.63, 3.8) is 0 Å². The fourth-order valence-electron chi connectivity index (χ4n) is 5.36. The second-order valence-corrected chi connectivity index (χ2v) is 10.2. The van der Waals surface area contributed by atoms with Gasteiger partial charge in [0, 0.05) is 24.9 Å².